The van der Waals surface area contributed by atoms with Crippen LogP contribution in [-0.2, 0) is 0 Å². The van der Waals surface area contributed by atoms with Crippen LogP contribution in [0, 0.1) is 19.7 Å². The smallest absolute Gasteiger partial charge is 0.257 e. The summed E-state index contributed by atoms with van der Waals surface area (Å²) in [6, 6.07) is 5.75. The molecule has 4 heterocycles. The Kier molecular flexibility index (Phi) is 4.85. The molecule has 1 saturated heterocycles. The highest BCUT2D eigenvalue weighted by Crippen LogP contribution is 2.30. The number of aryl methyl sites for hydroxylation is 2. The molecule has 0 bridgehead atoms. The van der Waals surface area contributed by atoms with E-state index in [0.717, 1.165) is 30.1 Å². The summed E-state index contributed by atoms with van der Waals surface area (Å²) < 4.78 is 16.0. The van der Waals surface area contributed by atoms with E-state index >= 15 is 0 Å². The van der Waals surface area contributed by atoms with Crippen LogP contribution in [0.25, 0.3) is 16.7 Å². The van der Waals surface area contributed by atoms with Crippen molar-refractivity contribution in [3.05, 3.63) is 53.5 Å². The molecule has 1 aliphatic heterocycles. The summed E-state index contributed by atoms with van der Waals surface area (Å²) in [5, 5.41) is 6.35. The fraction of sp³-hybridized carbons (Fsp3) is 0.348. The summed E-state index contributed by atoms with van der Waals surface area (Å²) in [6.07, 6.45) is 3.37. The highest BCUT2D eigenvalue weighted by molar-refractivity contribution is 6.13. The zero-order valence-corrected chi connectivity index (χ0v) is 18.5. The van der Waals surface area contributed by atoms with Crippen LogP contribution >= 0.6 is 0 Å². The predicted molar refractivity (Wildman–Crippen MR) is 123 cm³/mol. The lowest BCUT2D eigenvalue weighted by molar-refractivity contribution is 0.102. The minimum absolute atomic E-state index is 0.231. The van der Waals surface area contributed by atoms with E-state index in [2.05, 4.69) is 44.3 Å². The molecule has 8 nitrogen and oxygen atoms in total. The fourth-order valence-electron chi connectivity index (χ4n) is 4.61. The van der Waals surface area contributed by atoms with Crippen LogP contribution in [0.4, 0.5) is 15.8 Å². The maximum absolute atomic E-state index is 14.4. The molecule has 3 N–H and O–H groups in total. The van der Waals surface area contributed by atoms with E-state index < -0.39 is 5.82 Å². The number of rotatable bonds is 3. The van der Waals surface area contributed by atoms with Gasteiger partial charge in [0.25, 0.3) is 5.91 Å². The van der Waals surface area contributed by atoms with Crippen molar-refractivity contribution in [1.29, 1.82) is 0 Å². The number of imidazole rings is 2. The summed E-state index contributed by atoms with van der Waals surface area (Å²) in [6.45, 7) is 9.73. The number of aromatic amines is 1. The maximum Gasteiger partial charge on any atom is 0.257 e. The van der Waals surface area contributed by atoms with Crippen molar-refractivity contribution in [1.82, 2.24) is 24.7 Å². The van der Waals surface area contributed by atoms with Crippen molar-refractivity contribution in [3.8, 4) is 0 Å². The highest BCUT2D eigenvalue weighted by Gasteiger charge is 2.25. The lowest BCUT2D eigenvalue weighted by Gasteiger charge is -2.37. The number of hydrogen-bond acceptors (Lipinski definition) is 5. The molecule has 166 valence electrons. The molecule has 3 aromatic heterocycles. The second-order valence-corrected chi connectivity index (χ2v) is 8.70. The molecular formula is C23H26FN7O. The molecule has 0 aliphatic carbocycles. The number of hydrogen-bond donors (Lipinski definition) is 3. The first-order chi connectivity index (χ1) is 15.3. The third kappa shape index (κ3) is 3.58. The topological polar surface area (TPSA) is 90.3 Å². The van der Waals surface area contributed by atoms with Gasteiger partial charge in [0.15, 0.2) is 11.5 Å². The second-order valence-electron chi connectivity index (χ2n) is 8.70. The Labute approximate surface area is 184 Å². The SMILES string of the molecule is Cc1cn2cc(NC(=O)c3ccc(N4C[C@H](C)N[C@@H](C)C4)c4[nH]c(C)nc34)cc(F)c2n1. The lowest BCUT2D eigenvalue weighted by atomic mass is 10.1. The van der Waals surface area contributed by atoms with Gasteiger partial charge in [-0.05, 0) is 39.8 Å². The summed E-state index contributed by atoms with van der Waals surface area (Å²) in [5.41, 5.74) is 4.19. The minimum atomic E-state index is -0.492. The Morgan fingerprint density at radius 3 is 2.66 bits per heavy atom. The van der Waals surface area contributed by atoms with E-state index in [1.165, 1.54) is 6.07 Å². The van der Waals surface area contributed by atoms with Crippen molar-refractivity contribution >= 4 is 34.0 Å². The standard InChI is InChI=1S/C23H26FN7O/c1-12-8-30(9-13(2)25-12)19-6-5-17(20-21(19)28-15(4)27-20)23(32)29-16-7-18(24)22-26-14(3)10-31(22)11-16/h5-7,10-13,25H,8-9H2,1-4H3,(H,27,28)(H,29,32)/t12-,13-/m0/s1. The normalized spacial score (nSPS) is 19.1. The van der Waals surface area contributed by atoms with Gasteiger partial charge in [-0.25, -0.2) is 14.4 Å². The van der Waals surface area contributed by atoms with Gasteiger partial charge >= 0.3 is 0 Å². The van der Waals surface area contributed by atoms with E-state index in [1.807, 2.05) is 13.0 Å². The zero-order chi connectivity index (χ0) is 22.6. The van der Waals surface area contributed by atoms with Gasteiger partial charge in [-0.2, -0.15) is 0 Å². The van der Waals surface area contributed by atoms with E-state index in [0.29, 0.717) is 34.5 Å². The number of nitrogens with one attached hydrogen (secondary N) is 3. The summed E-state index contributed by atoms with van der Waals surface area (Å²) in [7, 11) is 0. The number of halogens is 1. The number of carbonyl (C=O) groups excluding carboxylic acids is 1. The Balaban J connectivity index is 1.50. The monoisotopic (exact) mass is 435 g/mol. The van der Waals surface area contributed by atoms with Gasteiger partial charge in [-0.3, -0.25) is 4.79 Å². The first-order valence-electron chi connectivity index (χ1n) is 10.7. The Morgan fingerprint density at radius 2 is 1.91 bits per heavy atom. The molecule has 9 heteroatoms. The summed E-state index contributed by atoms with van der Waals surface area (Å²) in [5.74, 6) is -0.0984. The number of pyridine rings is 1. The van der Waals surface area contributed by atoms with Crippen LogP contribution in [0.3, 0.4) is 0 Å². The van der Waals surface area contributed by atoms with Gasteiger partial charge in [0.05, 0.1) is 28.1 Å². The maximum atomic E-state index is 14.4. The predicted octanol–water partition coefficient (Wildman–Crippen LogP) is 3.41. The minimum Gasteiger partial charge on any atom is -0.367 e. The van der Waals surface area contributed by atoms with Crippen molar-refractivity contribution in [2.24, 2.45) is 0 Å². The number of amides is 1. The van der Waals surface area contributed by atoms with Crippen LogP contribution in [0.15, 0.2) is 30.6 Å². The van der Waals surface area contributed by atoms with Crippen LogP contribution < -0.4 is 15.5 Å². The van der Waals surface area contributed by atoms with E-state index in [1.54, 1.807) is 29.8 Å². The Morgan fingerprint density at radius 1 is 1.16 bits per heavy atom. The summed E-state index contributed by atoms with van der Waals surface area (Å²) in [4.78, 5) is 27.5. The number of carbonyl (C=O) groups is 1. The molecular weight excluding hydrogens is 409 g/mol. The third-order valence-corrected chi connectivity index (χ3v) is 5.77. The number of fused-ring (bicyclic) bond motifs is 2. The van der Waals surface area contributed by atoms with Gasteiger partial charge in [0.1, 0.15) is 11.3 Å². The second kappa shape index (κ2) is 7.59. The van der Waals surface area contributed by atoms with E-state index in [9.17, 15) is 9.18 Å². The number of benzene rings is 1. The first kappa shape index (κ1) is 20.4. The average Bonchev–Trinajstić information content (AvgIpc) is 3.28. The molecule has 0 spiro atoms. The average molecular weight is 436 g/mol. The molecule has 1 aromatic carbocycles. The largest absolute Gasteiger partial charge is 0.367 e. The summed E-state index contributed by atoms with van der Waals surface area (Å²) >= 11 is 0. The lowest BCUT2D eigenvalue weighted by Crippen LogP contribution is -2.54. The number of anilines is 2. The molecule has 1 fully saturated rings. The van der Waals surface area contributed by atoms with Crippen LogP contribution in [0.5, 0.6) is 0 Å². The van der Waals surface area contributed by atoms with Gasteiger partial charge in [-0.1, -0.05) is 0 Å². The van der Waals surface area contributed by atoms with E-state index in [-0.39, 0.29) is 11.6 Å². The Bertz CT molecular complexity index is 1330. The van der Waals surface area contributed by atoms with Gasteiger partial charge in [-0.15, -0.1) is 0 Å². The van der Waals surface area contributed by atoms with Crippen LogP contribution in [0.1, 0.15) is 35.7 Å². The molecule has 5 rings (SSSR count). The fourth-order valence-corrected chi connectivity index (χ4v) is 4.61. The quantitative estimate of drug-likeness (QED) is 0.459. The highest BCUT2D eigenvalue weighted by atomic mass is 19.1. The molecule has 4 aromatic rings. The number of H-pyrrole nitrogens is 1. The number of aromatic nitrogens is 4. The third-order valence-electron chi connectivity index (χ3n) is 5.77. The zero-order valence-electron chi connectivity index (χ0n) is 18.5. The van der Waals surface area contributed by atoms with Gasteiger partial charge < -0.3 is 24.9 Å². The molecule has 0 unspecified atom stereocenters. The Hall–Kier alpha value is -3.46. The van der Waals surface area contributed by atoms with Crippen LogP contribution in [0.2, 0.25) is 0 Å². The molecule has 2 atom stereocenters. The number of piperazine rings is 1. The van der Waals surface area contributed by atoms with Crippen molar-refractivity contribution in [2.45, 2.75) is 39.8 Å². The van der Waals surface area contributed by atoms with Crippen LogP contribution in [-0.4, -0.2) is 50.4 Å². The molecule has 1 aliphatic rings. The molecule has 32 heavy (non-hydrogen) atoms. The van der Waals surface area contributed by atoms with Crippen molar-refractivity contribution in [3.63, 3.8) is 0 Å². The number of nitrogens with zero attached hydrogens (tertiary/aromatic N) is 4. The van der Waals surface area contributed by atoms with Gasteiger partial charge in [0.2, 0.25) is 0 Å². The molecule has 0 radical (unpaired) electrons. The van der Waals surface area contributed by atoms with Crippen molar-refractivity contribution < 1.29 is 9.18 Å². The first-order valence-corrected chi connectivity index (χ1v) is 10.7. The van der Waals surface area contributed by atoms with E-state index in [4.69, 9.17) is 0 Å². The van der Waals surface area contributed by atoms with Gasteiger partial charge in [0, 0.05) is 43.6 Å². The molecule has 1 amide bonds. The van der Waals surface area contributed by atoms with Crippen molar-refractivity contribution in [2.75, 3.05) is 23.3 Å². The molecule has 0 saturated carbocycles.